The summed E-state index contributed by atoms with van der Waals surface area (Å²) in [6.07, 6.45) is 2.92. The highest BCUT2D eigenvalue weighted by Crippen LogP contribution is 2.32. The summed E-state index contributed by atoms with van der Waals surface area (Å²) >= 11 is 0. The van der Waals surface area contributed by atoms with E-state index in [0.29, 0.717) is 12.1 Å². The highest BCUT2D eigenvalue weighted by Gasteiger charge is 2.35. The Kier molecular flexibility index (Phi) is 4.92. The standard InChI is InChI=1S/C19H22N2O3S/c1-20(25(2,23)24)18(16-10-4-3-5-11-16)19(22)21-14-8-12-15-9-6-7-13-17(15)21/h3-7,9-11,13,18H,8,12,14H2,1-2H3/t18-/m1/s1. The van der Waals surface area contributed by atoms with Crippen LogP contribution in [0, 0.1) is 0 Å². The average Bonchev–Trinajstić information content (AvgIpc) is 2.61. The number of hydrogen-bond donors (Lipinski definition) is 0. The molecule has 0 spiro atoms. The van der Waals surface area contributed by atoms with E-state index in [-0.39, 0.29) is 5.91 Å². The molecule has 0 fully saturated rings. The van der Waals surface area contributed by atoms with Crippen LogP contribution >= 0.6 is 0 Å². The number of benzene rings is 2. The fourth-order valence-electron chi connectivity index (χ4n) is 3.24. The van der Waals surface area contributed by atoms with Crippen molar-refractivity contribution in [2.45, 2.75) is 18.9 Å². The van der Waals surface area contributed by atoms with Gasteiger partial charge in [-0.3, -0.25) is 4.79 Å². The number of para-hydroxylation sites is 1. The van der Waals surface area contributed by atoms with E-state index in [1.807, 2.05) is 42.5 Å². The van der Waals surface area contributed by atoms with E-state index in [2.05, 4.69) is 0 Å². The van der Waals surface area contributed by atoms with Crippen LogP contribution in [0.2, 0.25) is 0 Å². The summed E-state index contributed by atoms with van der Waals surface area (Å²) in [7, 11) is -2.07. The first-order valence-electron chi connectivity index (χ1n) is 8.27. The first kappa shape index (κ1) is 17.6. The van der Waals surface area contributed by atoms with Gasteiger partial charge in [-0.1, -0.05) is 48.5 Å². The maximum atomic E-state index is 13.4. The molecular formula is C19H22N2O3S. The fraction of sp³-hybridized carbons (Fsp3) is 0.316. The molecule has 1 amide bonds. The molecule has 1 heterocycles. The molecule has 0 aliphatic carbocycles. The van der Waals surface area contributed by atoms with Gasteiger partial charge in [0.25, 0.3) is 0 Å². The predicted octanol–water partition coefficient (Wildman–Crippen LogP) is 2.60. The molecule has 25 heavy (non-hydrogen) atoms. The van der Waals surface area contributed by atoms with E-state index >= 15 is 0 Å². The van der Waals surface area contributed by atoms with Crippen molar-refractivity contribution in [2.24, 2.45) is 0 Å². The van der Waals surface area contributed by atoms with E-state index in [4.69, 9.17) is 0 Å². The van der Waals surface area contributed by atoms with Gasteiger partial charge in [0, 0.05) is 19.3 Å². The van der Waals surface area contributed by atoms with Crippen LogP contribution in [0.25, 0.3) is 0 Å². The molecule has 5 nitrogen and oxygen atoms in total. The van der Waals surface area contributed by atoms with Crippen LogP contribution < -0.4 is 4.90 Å². The summed E-state index contributed by atoms with van der Waals surface area (Å²) in [6, 6.07) is 16.0. The number of fused-ring (bicyclic) bond motifs is 1. The lowest BCUT2D eigenvalue weighted by Crippen LogP contribution is -2.45. The van der Waals surface area contributed by atoms with Crippen LogP contribution in [0.1, 0.15) is 23.6 Å². The Hall–Kier alpha value is -2.18. The van der Waals surface area contributed by atoms with Crippen molar-refractivity contribution in [1.29, 1.82) is 0 Å². The Labute approximate surface area is 148 Å². The first-order chi connectivity index (χ1) is 11.9. The number of likely N-dealkylation sites (N-methyl/N-ethyl adjacent to an activating group) is 1. The smallest absolute Gasteiger partial charge is 0.249 e. The number of amides is 1. The number of hydrogen-bond acceptors (Lipinski definition) is 3. The zero-order chi connectivity index (χ0) is 18.0. The number of carbonyl (C=O) groups is 1. The zero-order valence-corrected chi connectivity index (χ0v) is 15.2. The number of rotatable bonds is 4. The van der Waals surface area contributed by atoms with Gasteiger partial charge in [0.15, 0.2) is 0 Å². The van der Waals surface area contributed by atoms with Gasteiger partial charge < -0.3 is 4.90 Å². The number of aryl methyl sites for hydroxylation is 1. The molecule has 0 saturated heterocycles. The highest BCUT2D eigenvalue weighted by atomic mass is 32.2. The molecule has 132 valence electrons. The quantitative estimate of drug-likeness (QED) is 0.844. The molecule has 1 aliphatic heterocycles. The van der Waals surface area contributed by atoms with Crippen molar-refractivity contribution in [3.63, 3.8) is 0 Å². The highest BCUT2D eigenvalue weighted by molar-refractivity contribution is 7.88. The molecule has 0 aromatic heterocycles. The minimum Gasteiger partial charge on any atom is -0.310 e. The van der Waals surface area contributed by atoms with Gasteiger partial charge in [-0.25, -0.2) is 8.42 Å². The van der Waals surface area contributed by atoms with Crippen LogP contribution in [0.4, 0.5) is 5.69 Å². The van der Waals surface area contributed by atoms with E-state index < -0.39 is 16.1 Å². The third kappa shape index (κ3) is 3.60. The van der Waals surface area contributed by atoms with Gasteiger partial charge in [0.05, 0.1) is 6.26 Å². The molecular weight excluding hydrogens is 336 g/mol. The summed E-state index contributed by atoms with van der Waals surface area (Å²) in [6.45, 7) is 0.594. The number of sulfonamides is 1. The van der Waals surface area contributed by atoms with Crippen molar-refractivity contribution in [2.75, 3.05) is 24.7 Å². The molecule has 1 atom stereocenters. The summed E-state index contributed by atoms with van der Waals surface area (Å²) < 4.78 is 25.4. The van der Waals surface area contributed by atoms with E-state index in [1.54, 1.807) is 17.0 Å². The predicted molar refractivity (Wildman–Crippen MR) is 98.9 cm³/mol. The second kappa shape index (κ2) is 6.98. The Balaban J connectivity index is 2.04. The fourth-order valence-corrected chi connectivity index (χ4v) is 3.84. The third-order valence-corrected chi connectivity index (χ3v) is 5.87. The molecule has 1 aliphatic rings. The maximum Gasteiger partial charge on any atom is 0.249 e. The lowest BCUT2D eigenvalue weighted by Gasteiger charge is -2.35. The van der Waals surface area contributed by atoms with Gasteiger partial charge in [0.2, 0.25) is 15.9 Å². The average molecular weight is 358 g/mol. The van der Waals surface area contributed by atoms with Gasteiger partial charge in [-0.15, -0.1) is 0 Å². The van der Waals surface area contributed by atoms with Crippen LogP contribution in [-0.4, -0.2) is 38.5 Å². The number of anilines is 1. The van der Waals surface area contributed by atoms with Gasteiger partial charge in [-0.05, 0) is 30.0 Å². The molecule has 0 unspecified atom stereocenters. The van der Waals surface area contributed by atoms with Crippen LogP contribution in [0.5, 0.6) is 0 Å². The topological polar surface area (TPSA) is 57.7 Å². The molecule has 3 rings (SSSR count). The Morgan fingerprint density at radius 1 is 1.08 bits per heavy atom. The first-order valence-corrected chi connectivity index (χ1v) is 10.1. The Bertz CT molecular complexity index is 865. The maximum absolute atomic E-state index is 13.4. The summed E-state index contributed by atoms with van der Waals surface area (Å²) in [4.78, 5) is 15.1. The minimum atomic E-state index is -3.53. The largest absolute Gasteiger partial charge is 0.310 e. The second-order valence-corrected chi connectivity index (χ2v) is 8.36. The van der Waals surface area contributed by atoms with Crippen molar-refractivity contribution < 1.29 is 13.2 Å². The normalized spacial score (nSPS) is 15.7. The van der Waals surface area contributed by atoms with E-state index in [0.717, 1.165) is 34.7 Å². The summed E-state index contributed by atoms with van der Waals surface area (Å²) in [5.41, 5.74) is 2.67. The molecule has 0 saturated carbocycles. The Morgan fingerprint density at radius 2 is 1.72 bits per heavy atom. The van der Waals surface area contributed by atoms with E-state index in [1.165, 1.54) is 7.05 Å². The van der Waals surface area contributed by atoms with Crippen LogP contribution in [0.15, 0.2) is 54.6 Å². The minimum absolute atomic E-state index is 0.216. The van der Waals surface area contributed by atoms with Crippen molar-refractivity contribution in [3.05, 3.63) is 65.7 Å². The molecule has 6 heteroatoms. The van der Waals surface area contributed by atoms with E-state index in [9.17, 15) is 13.2 Å². The van der Waals surface area contributed by atoms with Gasteiger partial charge >= 0.3 is 0 Å². The number of nitrogens with zero attached hydrogens (tertiary/aromatic N) is 2. The molecule has 0 radical (unpaired) electrons. The van der Waals surface area contributed by atoms with Gasteiger partial charge in [-0.2, -0.15) is 4.31 Å². The molecule has 0 bridgehead atoms. The Morgan fingerprint density at radius 3 is 2.40 bits per heavy atom. The lowest BCUT2D eigenvalue weighted by atomic mass is 9.99. The molecule has 2 aromatic carbocycles. The monoisotopic (exact) mass is 358 g/mol. The van der Waals surface area contributed by atoms with Crippen molar-refractivity contribution in [1.82, 2.24) is 4.31 Å². The van der Waals surface area contributed by atoms with Crippen molar-refractivity contribution >= 4 is 21.6 Å². The zero-order valence-electron chi connectivity index (χ0n) is 14.4. The molecule has 0 N–H and O–H groups in total. The van der Waals surface area contributed by atoms with Gasteiger partial charge in [0.1, 0.15) is 6.04 Å². The molecule has 2 aromatic rings. The van der Waals surface area contributed by atoms with Crippen molar-refractivity contribution in [3.8, 4) is 0 Å². The lowest BCUT2D eigenvalue weighted by molar-refractivity contribution is -0.122. The van der Waals surface area contributed by atoms with Crippen LogP contribution in [0.3, 0.4) is 0 Å². The second-order valence-electron chi connectivity index (χ2n) is 6.31. The summed E-state index contributed by atoms with van der Waals surface area (Å²) in [5, 5.41) is 0. The van der Waals surface area contributed by atoms with Crippen LogP contribution in [-0.2, 0) is 21.2 Å². The third-order valence-electron chi connectivity index (χ3n) is 4.61. The SMILES string of the molecule is CN([C@@H](C(=O)N1CCCc2ccccc21)c1ccccc1)S(C)(=O)=O. The summed E-state index contributed by atoms with van der Waals surface area (Å²) in [5.74, 6) is -0.216. The number of carbonyl (C=O) groups excluding carboxylic acids is 1.